The number of carbonyl (C=O) groups is 1. The normalized spacial score (nSPS) is 15.6. The van der Waals surface area contributed by atoms with Crippen molar-refractivity contribution in [3.05, 3.63) is 101 Å². The van der Waals surface area contributed by atoms with E-state index < -0.39 is 0 Å². The van der Waals surface area contributed by atoms with Gasteiger partial charge < -0.3 is 12.4 Å². The molecule has 0 saturated heterocycles. The number of benzene rings is 2. The van der Waals surface area contributed by atoms with Crippen LogP contribution in [-0.4, -0.2) is 5.78 Å². The van der Waals surface area contributed by atoms with E-state index in [0.29, 0.717) is 0 Å². The van der Waals surface area contributed by atoms with Crippen LogP contribution in [0.4, 0.5) is 0 Å². The van der Waals surface area contributed by atoms with Crippen LogP contribution < -0.4 is 17.0 Å². The first-order chi connectivity index (χ1) is 11.7. The third kappa shape index (κ3) is 3.35. The number of nitrogens with zero attached hydrogens (tertiary/aromatic N) is 1. The van der Waals surface area contributed by atoms with E-state index in [-0.39, 0.29) is 24.1 Å². The first kappa shape index (κ1) is 17.4. The van der Waals surface area contributed by atoms with Gasteiger partial charge in [-0.2, -0.15) is 4.57 Å². The number of ketones is 1. The van der Waals surface area contributed by atoms with Crippen LogP contribution in [-0.2, 0) is 13.0 Å². The van der Waals surface area contributed by atoms with E-state index in [4.69, 9.17) is 0 Å². The van der Waals surface area contributed by atoms with Crippen molar-refractivity contribution in [3.63, 3.8) is 0 Å². The molecule has 1 heterocycles. The van der Waals surface area contributed by atoms with Crippen molar-refractivity contribution in [2.45, 2.75) is 25.8 Å². The molecule has 0 spiro atoms. The molecule has 0 fully saturated rings. The molecule has 1 atom stereocenters. The second-order valence-corrected chi connectivity index (χ2v) is 6.49. The van der Waals surface area contributed by atoms with E-state index >= 15 is 0 Å². The van der Waals surface area contributed by atoms with Crippen molar-refractivity contribution in [2.75, 3.05) is 0 Å². The first-order valence-corrected chi connectivity index (χ1v) is 8.38. The van der Waals surface area contributed by atoms with E-state index in [2.05, 4.69) is 60.2 Å². The predicted molar refractivity (Wildman–Crippen MR) is 94.1 cm³/mol. The van der Waals surface area contributed by atoms with Gasteiger partial charge in [-0.3, -0.25) is 4.79 Å². The van der Waals surface area contributed by atoms with E-state index in [1.165, 1.54) is 16.8 Å². The van der Waals surface area contributed by atoms with Gasteiger partial charge in [-0.1, -0.05) is 54.6 Å². The van der Waals surface area contributed by atoms with Crippen LogP contribution in [0.1, 0.15) is 38.7 Å². The highest BCUT2D eigenvalue weighted by Gasteiger charge is 2.32. The fourth-order valence-corrected chi connectivity index (χ4v) is 3.55. The Bertz CT molecular complexity index is 905. The van der Waals surface area contributed by atoms with Crippen molar-refractivity contribution in [1.29, 1.82) is 0 Å². The number of halogens is 1. The Labute approximate surface area is 154 Å². The second-order valence-electron chi connectivity index (χ2n) is 6.49. The zero-order valence-electron chi connectivity index (χ0n) is 14.2. The molecule has 126 valence electrons. The van der Waals surface area contributed by atoms with Gasteiger partial charge in [0.05, 0.1) is 5.92 Å². The summed E-state index contributed by atoms with van der Waals surface area (Å²) in [7, 11) is 0. The first-order valence-electron chi connectivity index (χ1n) is 8.38. The summed E-state index contributed by atoms with van der Waals surface area (Å²) in [5, 5.41) is 0. The monoisotopic (exact) mass is 349 g/mol. The van der Waals surface area contributed by atoms with Crippen LogP contribution in [0.2, 0.25) is 0 Å². The maximum atomic E-state index is 12.7. The Hall–Kier alpha value is -2.45. The lowest BCUT2D eigenvalue weighted by Crippen LogP contribution is -3.00. The maximum Gasteiger partial charge on any atom is 0.178 e. The van der Waals surface area contributed by atoms with Gasteiger partial charge in [0.1, 0.15) is 0 Å². The van der Waals surface area contributed by atoms with E-state index in [9.17, 15) is 4.79 Å². The van der Waals surface area contributed by atoms with Gasteiger partial charge in [-0.15, -0.1) is 0 Å². The number of fused-ring (bicyclic) bond motifs is 1. The van der Waals surface area contributed by atoms with Crippen molar-refractivity contribution >= 4 is 5.78 Å². The van der Waals surface area contributed by atoms with Gasteiger partial charge in [-0.25, -0.2) is 0 Å². The summed E-state index contributed by atoms with van der Waals surface area (Å²) < 4.78 is 2.23. The molecule has 0 saturated carbocycles. The molecule has 0 amide bonds. The smallest absolute Gasteiger partial charge is 0.178 e. The minimum absolute atomic E-state index is 0. The van der Waals surface area contributed by atoms with Gasteiger partial charge in [0.25, 0.3) is 0 Å². The number of hydrogen-bond donors (Lipinski definition) is 0. The quantitative estimate of drug-likeness (QED) is 0.642. The van der Waals surface area contributed by atoms with Gasteiger partial charge in [0.15, 0.2) is 24.2 Å². The summed E-state index contributed by atoms with van der Waals surface area (Å²) in [6.45, 7) is 2.96. The number of rotatable bonds is 3. The standard InChI is InChI=1S/C22H20NO.ClH/c1-16-13-19(11-12-23(16)15-17-7-3-2-4-8-17)21-14-18-9-5-6-10-20(18)22(21)24;/h2-13,21H,14-15H2,1H3;1H/q+1;/p-1. The zero-order valence-corrected chi connectivity index (χ0v) is 14.9. The van der Waals surface area contributed by atoms with Gasteiger partial charge >= 0.3 is 0 Å². The lowest BCUT2D eigenvalue weighted by molar-refractivity contribution is -0.694. The van der Waals surface area contributed by atoms with E-state index in [0.717, 1.165) is 24.1 Å². The van der Waals surface area contributed by atoms with Crippen molar-refractivity contribution in [2.24, 2.45) is 0 Å². The molecule has 1 unspecified atom stereocenters. The van der Waals surface area contributed by atoms with E-state index in [1.54, 1.807) is 0 Å². The van der Waals surface area contributed by atoms with Crippen LogP contribution >= 0.6 is 0 Å². The third-order valence-electron chi connectivity index (χ3n) is 4.90. The minimum atomic E-state index is -0.0347. The topological polar surface area (TPSA) is 20.9 Å². The number of hydrogen-bond acceptors (Lipinski definition) is 1. The summed E-state index contributed by atoms with van der Waals surface area (Å²) >= 11 is 0. The van der Waals surface area contributed by atoms with Gasteiger partial charge in [0.2, 0.25) is 0 Å². The van der Waals surface area contributed by atoms with Crippen molar-refractivity contribution in [1.82, 2.24) is 0 Å². The number of Topliss-reactive ketones (excluding diaryl/α,β-unsaturated/α-hetero) is 1. The molecular weight excluding hydrogens is 330 g/mol. The van der Waals surface area contributed by atoms with Crippen LogP contribution in [0.5, 0.6) is 0 Å². The number of aromatic nitrogens is 1. The van der Waals surface area contributed by atoms with Crippen LogP contribution in [0.25, 0.3) is 0 Å². The summed E-state index contributed by atoms with van der Waals surface area (Å²) in [6, 6.07) is 22.7. The molecule has 2 nitrogen and oxygen atoms in total. The van der Waals surface area contributed by atoms with Crippen molar-refractivity contribution in [3.8, 4) is 0 Å². The Morgan fingerprint density at radius 1 is 1.00 bits per heavy atom. The number of carbonyl (C=O) groups excluding carboxylic acids is 1. The Balaban J connectivity index is 0.00000182. The Morgan fingerprint density at radius 2 is 1.72 bits per heavy atom. The fourth-order valence-electron chi connectivity index (χ4n) is 3.55. The fraction of sp³-hybridized carbons (Fsp3) is 0.182. The molecule has 0 aliphatic heterocycles. The molecule has 3 aromatic rings. The molecule has 0 N–H and O–H groups in total. The number of pyridine rings is 1. The highest BCUT2D eigenvalue weighted by molar-refractivity contribution is 6.05. The molecule has 1 aliphatic rings. The van der Waals surface area contributed by atoms with Crippen LogP contribution in [0.3, 0.4) is 0 Å². The summed E-state index contributed by atoms with van der Waals surface area (Å²) in [6.07, 6.45) is 2.92. The highest BCUT2D eigenvalue weighted by atomic mass is 35.5. The largest absolute Gasteiger partial charge is 1.00 e. The maximum absolute atomic E-state index is 12.7. The molecule has 0 bridgehead atoms. The number of aryl methyl sites for hydroxylation is 1. The second kappa shape index (κ2) is 7.20. The molecule has 3 heteroatoms. The van der Waals surface area contributed by atoms with E-state index in [1.807, 2.05) is 24.3 Å². The lowest BCUT2D eigenvalue weighted by Gasteiger charge is -2.09. The van der Waals surface area contributed by atoms with Crippen LogP contribution in [0.15, 0.2) is 72.9 Å². The van der Waals surface area contributed by atoms with Crippen LogP contribution in [0, 0.1) is 6.92 Å². The predicted octanol–water partition coefficient (Wildman–Crippen LogP) is 0.857. The average molecular weight is 350 g/mol. The summed E-state index contributed by atoms with van der Waals surface area (Å²) in [5.74, 6) is 0.221. The molecule has 1 aromatic heterocycles. The molecule has 4 rings (SSSR count). The molecular formula is C22H20ClNO. The third-order valence-corrected chi connectivity index (χ3v) is 4.90. The Kier molecular flexibility index (Phi) is 5.00. The average Bonchev–Trinajstić information content (AvgIpc) is 2.95. The van der Waals surface area contributed by atoms with Gasteiger partial charge in [-0.05, 0) is 17.5 Å². The highest BCUT2D eigenvalue weighted by Crippen LogP contribution is 2.33. The Morgan fingerprint density at radius 3 is 2.44 bits per heavy atom. The molecule has 25 heavy (non-hydrogen) atoms. The molecule has 2 aromatic carbocycles. The summed E-state index contributed by atoms with van der Waals surface area (Å²) in [5.41, 5.74) is 5.65. The van der Waals surface area contributed by atoms with Gasteiger partial charge in [0, 0.05) is 30.2 Å². The lowest BCUT2D eigenvalue weighted by atomic mass is 9.95. The molecule has 1 aliphatic carbocycles. The zero-order chi connectivity index (χ0) is 16.5. The summed E-state index contributed by atoms with van der Waals surface area (Å²) in [4.78, 5) is 12.7. The molecule has 0 radical (unpaired) electrons. The minimum Gasteiger partial charge on any atom is -1.00 e. The SMILES string of the molecule is Cc1cc(C2Cc3ccccc3C2=O)cc[n+]1Cc1ccccc1.[Cl-]. The van der Waals surface area contributed by atoms with Crippen molar-refractivity contribution < 1.29 is 21.8 Å².